The van der Waals surface area contributed by atoms with Crippen molar-refractivity contribution in [2.45, 2.75) is 248 Å². The summed E-state index contributed by atoms with van der Waals surface area (Å²) in [5, 5.41) is 10.6. The van der Waals surface area contributed by atoms with E-state index in [9.17, 15) is 33.9 Å². The van der Waals surface area contributed by atoms with Crippen LogP contribution in [0.3, 0.4) is 0 Å². The molecule has 0 amide bonds. The highest BCUT2D eigenvalue weighted by Gasteiger charge is 2.68. The second-order valence-electron chi connectivity index (χ2n) is 27.5. The van der Waals surface area contributed by atoms with Crippen molar-refractivity contribution in [3.63, 3.8) is 0 Å². The predicted octanol–water partition coefficient (Wildman–Crippen LogP) is 11.5. The van der Waals surface area contributed by atoms with Crippen molar-refractivity contribution in [2.75, 3.05) is 13.2 Å². The number of rotatable bonds is 13. The summed E-state index contributed by atoms with van der Waals surface area (Å²) in [4.78, 5) is 71.4. The first-order valence-corrected chi connectivity index (χ1v) is 28.2. The first-order chi connectivity index (χ1) is 33.2. The minimum absolute atomic E-state index is 0.0455. The zero-order valence-corrected chi connectivity index (χ0v) is 47.5. The second kappa shape index (κ2) is 20.7. The van der Waals surface area contributed by atoms with Gasteiger partial charge in [0.15, 0.2) is 5.60 Å². The van der Waals surface area contributed by atoms with E-state index >= 15 is 0 Å². The fourth-order valence-corrected chi connectivity index (χ4v) is 13.9. The summed E-state index contributed by atoms with van der Waals surface area (Å²) < 4.78 is 32.6. The van der Waals surface area contributed by atoms with Gasteiger partial charge in [-0.2, -0.15) is 0 Å². The molecule has 2 aliphatic heterocycles. The Labute approximate surface area is 432 Å². The number of ether oxygens (including phenoxy) is 6. The topological polar surface area (TPSA) is 178 Å². The Balaban J connectivity index is 0.000000159. The number of cyclic esters (lactones) is 2. The summed E-state index contributed by atoms with van der Waals surface area (Å²) in [6.45, 7) is 31.2. The van der Waals surface area contributed by atoms with Gasteiger partial charge in [0.2, 0.25) is 6.10 Å². The van der Waals surface area contributed by atoms with Gasteiger partial charge in [-0.15, -0.1) is 0 Å². The maximum absolute atomic E-state index is 12.7. The molecule has 2 heterocycles. The SMILES string of the molecule is CCC(C)(C)C(=O)OC1(C)COC(=O)C1(C)C.CCC(C)(C)C(=O)OC1(CC)CC2CC1C1C3CCC(C3)C21.CCC(C)(C)C(=O)OC12CC3CC(CC(O)(C3)C1)C2.CCC(C)(C)C(=O)OC1CCOC1=O. The van der Waals surface area contributed by atoms with E-state index in [1.54, 1.807) is 34.6 Å². The van der Waals surface area contributed by atoms with Crippen molar-refractivity contribution >= 4 is 35.8 Å². The standard InChI is InChI=1S/C20H32O2.C16H26O3.C13H22O4.C10H16O4/c1-5-19(3,4)18(21)22-20(6-2)11-14-10-15(20)17-13-8-7-12(9-13)16(14)17;1-4-14(2,3)13(17)19-16-8-11-5-12(9-16)7-15(18,6-11)10-16;1-7-11(2,3)9(14)17-13(6)8-16-10(15)12(13,4)5;1-4-10(2,3)9(12)14-7-5-6-13-8(7)11/h12-17H,5-11H2,1-4H3;11-12,18H,4-10H2,1-3H3;7-8H2,1-6H3;7H,4-6H2,1-3H3. The van der Waals surface area contributed by atoms with Gasteiger partial charge in [0.25, 0.3) is 0 Å². The van der Waals surface area contributed by atoms with Crippen LogP contribution in [0.1, 0.15) is 220 Å². The first kappa shape index (κ1) is 58.0. The fraction of sp³-hybridized carbons (Fsp3) is 0.898. The number of fused-ring (bicyclic) bond motifs is 9. The van der Waals surface area contributed by atoms with Crippen LogP contribution < -0.4 is 0 Å². The Morgan fingerprint density at radius 3 is 1.56 bits per heavy atom. The Bertz CT molecular complexity index is 2020. The van der Waals surface area contributed by atoms with E-state index in [-0.39, 0.29) is 53.1 Å². The monoisotopic (exact) mass is 1010 g/mol. The summed E-state index contributed by atoms with van der Waals surface area (Å²) in [7, 11) is 0. The molecule has 8 bridgehead atoms. The molecule has 0 aromatic carbocycles. The molecule has 2 saturated heterocycles. The lowest BCUT2D eigenvalue weighted by Crippen LogP contribution is -2.61. The molecule has 0 radical (unpaired) electrons. The molecule has 8 saturated carbocycles. The summed E-state index contributed by atoms with van der Waals surface area (Å²) in [5.41, 5.74) is -4.53. The van der Waals surface area contributed by atoms with Crippen molar-refractivity contribution in [3.05, 3.63) is 0 Å². The quantitative estimate of drug-likeness (QED) is 0.105. The third kappa shape index (κ3) is 11.3. The van der Waals surface area contributed by atoms with Gasteiger partial charge in [-0.05, 0) is 214 Å². The average Bonchev–Trinajstić information content (AvgIpc) is 4.18. The molecular weight excluding hydrogens is 917 g/mol. The lowest BCUT2D eigenvalue weighted by Gasteiger charge is -2.59. The Kier molecular flexibility index (Phi) is 16.7. The second-order valence-corrected chi connectivity index (χ2v) is 27.5. The van der Waals surface area contributed by atoms with Gasteiger partial charge < -0.3 is 33.5 Å². The Morgan fingerprint density at radius 1 is 0.597 bits per heavy atom. The largest absolute Gasteiger partial charge is 0.463 e. The number of hydrogen-bond donors (Lipinski definition) is 1. The lowest BCUT2D eigenvalue weighted by atomic mass is 9.52. The molecule has 0 aromatic heterocycles. The molecule has 11 atom stereocenters. The van der Waals surface area contributed by atoms with Crippen molar-refractivity contribution in [1.82, 2.24) is 0 Å². The predicted molar refractivity (Wildman–Crippen MR) is 273 cm³/mol. The summed E-state index contributed by atoms with van der Waals surface area (Å²) in [6, 6.07) is 0. The van der Waals surface area contributed by atoms with Crippen molar-refractivity contribution < 1.29 is 62.3 Å². The maximum atomic E-state index is 12.7. The van der Waals surface area contributed by atoms with Crippen LogP contribution in [0.15, 0.2) is 0 Å². The summed E-state index contributed by atoms with van der Waals surface area (Å²) in [6.07, 6.45) is 16.4. The highest BCUT2D eigenvalue weighted by Crippen LogP contribution is 2.71. The molecule has 410 valence electrons. The number of esters is 6. The molecule has 13 nitrogen and oxygen atoms in total. The van der Waals surface area contributed by atoms with Gasteiger partial charge in [-0.25, -0.2) is 4.79 Å². The zero-order chi connectivity index (χ0) is 53.8. The van der Waals surface area contributed by atoms with E-state index in [1.807, 2.05) is 62.3 Å². The number of carbonyl (C=O) groups is 6. The van der Waals surface area contributed by atoms with Gasteiger partial charge in [0.05, 0.1) is 33.9 Å². The van der Waals surface area contributed by atoms with Crippen LogP contribution in [0.5, 0.6) is 0 Å². The number of hydrogen-bond acceptors (Lipinski definition) is 13. The highest BCUT2D eigenvalue weighted by molar-refractivity contribution is 5.83. The smallest absolute Gasteiger partial charge is 0.347 e. The van der Waals surface area contributed by atoms with E-state index in [2.05, 4.69) is 13.8 Å². The van der Waals surface area contributed by atoms with Crippen molar-refractivity contribution in [1.29, 1.82) is 0 Å². The van der Waals surface area contributed by atoms with Gasteiger partial charge in [-0.1, -0.05) is 34.6 Å². The van der Waals surface area contributed by atoms with Crippen LogP contribution in [-0.2, 0) is 57.2 Å². The van der Waals surface area contributed by atoms with Crippen LogP contribution >= 0.6 is 0 Å². The van der Waals surface area contributed by atoms with Crippen LogP contribution in [0.2, 0.25) is 0 Å². The van der Waals surface area contributed by atoms with Crippen LogP contribution in [0, 0.1) is 74.4 Å². The average molecular weight is 1010 g/mol. The van der Waals surface area contributed by atoms with Crippen molar-refractivity contribution in [2.24, 2.45) is 74.4 Å². The van der Waals surface area contributed by atoms with Gasteiger partial charge >= 0.3 is 35.8 Å². The highest BCUT2D eigenvalue weighted by atomic mass is 16.6. The lowest BCUT2D eigenvalue weighted by molar-refractivity contribution is -0.225. The van der Waals surface area contributed by atoms with E-state index in [4.69, 9.17) is 28.4 Å². The molecular formula is C59H96O13. The Morgan fingerprint density at radius 2 is 1.10 bits per heavy atom. The summed E-state index contributed by atoms with van der Waals surface area (Å²) >= 11 is 0. The molecule has 8 aliphatic carbocycles. The van der Waals surface area contributed by atoms with Gasteiger partial charge in [0.1, 0.15) is 23.2 Å². The van der Waals surface area contributed by atoms with Gasteiger partial charge in [-0.3, -0.25) is 24.0 Å². The first-order valence-electron chi connectivity index (χ1n) is 28.2. The normalized spacial score (nSPS) is 37.4. The molecule has 11 unspecified atom stereocenters. The minimum atomic E-state index is -0.881. The molecule has 72 heavy (non-hydrogen) atoms. The maximum Gasteiger partial charge on any atom is 0.347 e. The fourth-order valence-electron chi connectivity index (χ4n) is 13.9. The molecule has 13 heteroatoms. The minimum Gasteiger partial charge on any atom is -0.463 e. The molecule has 1 N–H and O–H groups in total. The third-order valence-corrected chi connectivity index (χ3v) is 20.6. The molecule has 10 aliphatic rings. The number of aliphatic hydroxyl groups is 1. The molecule has 10 fully saturated rings. The summed E-state index contributed by atoms with van der Waals surface area (Å²) in [5.74, 6) is 5.08. The van der Waals surface area contributed by atoms with E-state index in [1.165, 1.54) is 32.1 Å². The van der Waals surface area contributed by atoms with Gasteiger partial charge in [0, 0.05) is 18.8 Å². The van der Waals surface area contributed by atoms with E-state index < -0.39 is 44.9 Å². The zero-order valence-electron chi connectivity index (χ0n) is 47.5. The molecule has 0 spiro atoms. The third-order valence-electron chi connectivity index (χ3n) is 20.6. The molecule has 10 rings (SSSR count). The number of carbonyl (C=O) groups excluding carboxylic acids is 6. The Hall–Kier alpha value is -3.22. The van der Waals surface area contributed by atoms with Crippen LogP contribution in [-0.4, -0.2) is 82.6 Å². The van der Waals surface area contributed by atoms with Crippen LogP contribution in [0.4, 0.5) is 0 Å². The van der Waals surface area contributed by atoms with E-state index in [0.717, 1.165) is 81.0 Å². The molecule has 0 aromatic rings. The van der Waals surface area contributed by atoms with Crippen LogP contribution in [0.25, 0.3) is 0 Å². The van der Waals surface area contributed by atoms with E-state index in [0.29, 0.717) is 50.0 Å². The van der Waals surface area contributed by atoms with Crippen molar-refractivity contribution in [3.8, 4) is 0 Å².